The molecule has 4 aromatic carbocycles. The van der Waals surface area contributed by atoms with E-state index >= 15 is 0 Å². The van der Waals surface area contributed by atoms with Gasteiger partial charge in [0.2, 0.25) is 22.8 Å². The fraction of sp³-hybridized carbons (Fsp3) is 0.228. The first-order valence-electron chi connectivity index (χ1n) is 22.4. The van der Waals surface area contributed by atoms with Crippen LogP contribution in [0.5, 0.6) is 0 Å². The second-order valence-electron chi connectivity index (χ2n) is 17.9. The summed E-state index contributed by atoms with van der Waals surface area (Å²) in [6.07, 6.45) is 14.4. The topological polar surface area (TPSA) is 59.8 Å². The van der Waals surface area contributed by atoms with Gasteiger partial charge in [-0.2, -0.15) is 0 Å². The maximum Gasteiger partial charge on any atom is 0.227 e. The summed E-state index contributed by atoms with van der Waals surface area (Å²) in [6.45, 7) is 8.81. The summed E-state index contributed by atoms with van der Waals surface area (Å²) >= 11 is 0. The molecule has 6 aromatic heterocycles. The number of nitrogens with zero attached hydrogens (tertiary/aromatic N) is 4. The zero-order chi connectivity index (χ0) is 43.2. The van der Waals surface area contributed by atoms with E-state index in [4.69, 9.17) is 8.83 Å². The molecule has 0 bridgehead atoms. The average Bonchev–Trinajstić information content (AvgIpc) is 4.06. The van der Waals surface area contributed by atoms with Crippen LogP contribution < -0.4 is 9.13 Å². The quantitative estimate of drug-likeness (QED) is 0.150. The molecule has 0 unspecified atom stereocenters. The molecule has 6 heteroatoms. The molecule has 0 amide bonds. The van der Waals surface area contributed by atoms with E-state index in [2.05, 4.69) is 182 Å². The van der Waals surface area contributed by atoms with Gasteiger partial charge in [-0.05, 0) is 115 Å². The van der Waals surface area contributed by atoms with Gasteiger partial charge >= 0.3 is 0 Å². The lowest BCUT2D eigenvalue weighted by Gasteiger charge is -2.11. The predicted molar refractivity (Wildman–Crippen MR) is 256 cm³/mol. The third kappa shape index (κ3) is 7.58. The number of aryl methyl sites for hydroxylation is 4. The molecule has 10 aromatic rings. The molecule has 0 spiro atoms. The van der Waals surface area contributed by atoms with E-state index in [1.807, 2.05) is 12.1 Å². The van der Waals surface area contributed by atoms with E-state index in [9.17, 15) is 0 Å². The van der Waals surface area contributed by atoms with Crippen molar-refractivity contribution in [2.45, 2.75) is 65.7 Å². The molecule has 1 fully saturated rings. The molecule has 0 atom stereocenters. The molecule has 6 nitrogen and oxygen atoms in total. The Kier molecular flexibility index (Phi) is 10.7. The highest BCUT2D eigenvalue weighted by Gasteiger charge is 2.26. The Morgan fingerprint density at radius 3 is 1.79 bits per heavy atom. The van der Waals surface area contributed by atoms with Crippen molar-refractivity contribution in [3.63, 3.8) is 0 Å². The number of hydrogen-bond donors (Lipinski definition) is 0. The van der Waals surface area contributed by atoms with E-state index in [0.29, 0.717) is 17.3 Å². The van der Waals surface area contributed by atoms with Gasteiger partial charge in [0, 0.05) is 51.6 Å². The molecular weight excluding hydrogens is 773 g/mol. The Morgan fingerprint density at radius 2 is 1.17 bits per heavy atom. The van der Waals surface area contributed by atoms with Gasteiger partial charge in [-0.3, -0.25) is 0 Å². The van der Waals surface area contributed by atoms with Gasteiger partial charge in [0.15, 0.2) is 23.6 Å². The maximum atomic E-state index is 6.30. The standard InChI is InChI=1S/C29H27N2O.C28H27N2O/c1-19-9-15-24-25-8-5-17-30-29(25)32-28(24)27(19)26-16-14-23(18-31(26)2)22-12-10-21(11-13-22)20-6-3-4-7-20;1-18(2)17-20-10-12-21(13-11-20)22-8-6-16-30(4)26(22)25-19(3)9-14-23-24-7-5-15-29-28(24)31-27(23)25/h5,8-18,20H,3-4,6-7H2,1-2H3;5-16,18H,17H2,1-4H3/q2*+1. The van der Waals surface area contributed by atoms with E-state index in [0.717, 1.165) is 67.6 Å². The van der Waals surface area contributed by atoms with Gasteiger partial charge in [0.05, 0.1) is 16.7 Å². The Hall–Kier alpha value is -6.92. The Morgan fingerprint density at radius 1 is 0.587 bits per heavy atom. The summed E-state index contributed by atoms with van der Waals surface area (Å²) in [5.41, 5.74) is 17.9. The SMILES string of the molecule is Cc1ccc2c(oc3ncccc32)c1-c1c(-c2ccc(CC(C)C)cc2)ccc[n+]1C.Cc1ccc2c(oc3ncccc32)c1-c1ccc(-c2ccc(C3CCCC3)cc2)c[n+]1C. The van der Waals surface area contributed by atoms with Crippen molar-refractivity contribution in [1.29, 1.82) is 0 Å². The molecule has 1 aliphatic rings. The number of furan rings is 2. The minimum Gasteiger partial charge on any atom is -0.437 e. The largest absolute Gasteiger partial charge is 0.437 e. The Balaban J connectivity index is 0.000000150. The number of rotatable bonds is 7. The van der Waals surface area contributed by atoms with E-state index < -0.39 is 0 Å². The van der Waals surface area contributed by atoms with Gasteiger partial charge in [0.25, 0.3) is 0 Å². The van der Waals surface area contributed by atoms with Crippen molar-refractivity contribution in [3.05, 3.63) is 168 Å². The molecular formula is C57H54N4O2+2. The van der Waals surface area contributed by atoms with Crippen molar-refractivity contribution in [2.24, 2.45) is 20.0 Å². The van der Waals surface area contributed by atoms with Crippen molar-refractivity contribution in [2.75, 3.05) is 0 Å². The fourth-order valence-corrected chi connectivity index (χ4v) is 9.85. The first-order valence-corrected chi connectivity index (χ1v) is 22.4. The zero-order valence-corrected chi connectivity index (χ0v) is 37.2. The lowest BCUT2D eigenvalue weighted by Crippen LogP contribution is -2.31. The number of aromatic nitrogens is 4. The Bertz CT molecular complexity index is 3280. The van der Waals surface area contributed by atoms with Gasteiger partial charge in [-0.15, -0.1) is 0 Å². The molecule has 63 heavy (non-hydrogen) atoms. The summed E-state index contributed by atoms with van der Waals surface area (Å²) in [6, 6.07) is 43.7. The molecule has 0 N–H and O–H groups in total. The second kappa shape index (κ2) is 16.7. The van der Waals surface area contributed by atoms with Crippen molar-refractivity contribution >= 4 is 44.1 Å². The smallest absolute Gasteiger partial charge is 0.227 e. The molecule has 312 valence electrons. The number of benzene rings is 4. The van der Waals surface area contributed by atoms with Crippen LogP contribution in [-0.2, 0) is 20.5 Å². The molecule has 1 saturated carbocycles. The molecule has 6 heterocycles. The monoisotopic (exact) mass is 826 g/mol. The molecule has 0 radical (unpaired) electrons. The highest BCUT2D eigenvalue weighted by atomic mass is 16.3. The first-order chi connectivity index (χ1) is 30.7. The second-order valence-corrected chi connectivity index (χ2v) is 17.9. The van der Waals surface area contributed by atoms with Crippen molar-refractivity contribution in [3.8, 4) is 44.8 Å². The molecule has 11 rings (SSSR count). The summed E-state index contributed by atoms with van der Waals surface area (Å²) in [5.74, 6) is 1.40. The van der Waals surface area contributed by atoms with Crippen LogP contribution in [0.2, 0.25) is 0 Å². The van der Waals surface area contributed by atoms with Gasteiger partial charge in [-0.1, -0.05) is 99.5 Å². The number of hydrogen-bond acceptors (Lipinski definition) is 4. The summed E-state index contributed by atoms with van der Waals surface area (Å²) in [7, 11) is 4.22. The van der Waals surface area contributed by atoms with Crippen molar-refractivity contribution < 1.29 is 18.0 Å². The minimum absolute atomic E-state index is 0.651. The van der Waals surface area contributed by atoms with Crippen LogP contribution in [0.3, 0.4) is 0 Å². The molecule has 0 aliphatic heterocycles. The maximum absolute atomic E-state index is 6.30. The third-order valence-corrected chi connectivity index (χ3v) is 13.0. The van der Waals surface area contributed by atoms with E-state index in [-0.39, 0.29) is 0 Å². The normalized spacial score (nSPS) is 13.1. The summed E-state index contributed by atoms with van der Waals surface area (Å²) < 4.78 is 16.9. The first kappa shape index (κ1) is 40.2. The lowest BCUT2D eigenvalue weighted by atomic mass is 9.93. The fourth-order valence-electron chi connectivity index (χ4n) is 9.85. The predicted octanol–water partition coefficient (Wildman–Crippen LogP) is 13.8. The summed E-state index contributed by atoms with van der Waals surface area (Å²) in [5, 5.41) is 4.33. The van der Waals surface area contributed by atoms with Gasteiger partial charge < -0.3 is 8.83 Å². The van der Waals surface area contributed by atoms with Gasteiger partial charge in [-0.25, -0.2) is 19.1 Å². The van der Waals surface area contributed by atoms with Crippen LogP contribution in [0.1, 0.15) is 67.7 Å². The number of pyridine rings is 4. The van der Waals surface area contributed by atoms with Crippen LogP contribution in [0, 0.1) is 19.8 Å². The lowest BCUT2D eigenvalue weighted by molar-refractivity contribution is -0.660. The Labute approximate surface area is 369 Å². The van der Waals surface area contributed by atoms with Crippen LogP contribution in [0.25, 0.3) is 88.9 Å². The third-order valence-electron chi connectivity index (χ3n) is 13.0. The highest BCUT2D eigenvalue weighted by Crippen LogP contribution is 2.41. The van der Waals surface area contributed by atoms with E-state index in [1.54, 1.807) is 12.4 Å². The van der Waals surface area contributed by atoms with Crippen LogP contribution in [-0.4, -0.2) is 9.97 Å². The minimum atomic E-state index is 0.651. The van der Waals surface area contributed by atoms with Gasteiger partial charge in [0.1, 0.15) is 14.1 Å². The molecule has 0 saturated heterocycles. The van der Waals surface area contributed by atoms with Crippen LogP contribution >= 0.6 is 0 Å². The average molecular weight is 827 g/mol. The highest BCUT2D eigenvalue weighted by molar-refractivity contribution is 6.10. The van der Waals surface area contributed by atoms with Crippen molar-refractivity contribution in [1.82, 2.24) is 9.97 Å². The van der Waals surface area contributed by atoms with E-state index in [1.165, 1.54) is 70.2 Å². The molecule has 1 aliphatic carbocycles. The zero-order valence-electron chi connectivity index (χ0n) is 37.2. The number of fused-ring (bicyclic) bond motifs is 6. The van der Waals surface area contributed by atoms with Crippen LogP contribution in [0.15, 0.2) is 155 Å². The van der Waals surface area contributed by atoms with Crippen LogP contribution in [0.4, 0.5) is 0 Å². The summed E-state index contributed by atoms with van der Waals surface area (Å²) in [4.78, 5) is 8.87.